The number of rotatable bonds is 6. The number of carbonyl (C=O) groups excluding carboxylic acids is 2. The van der Waals surface area contributed by atoms with Gasteiger partial charge < -0.3 is 10.2 Å². The molecule has 2 amide bonds. The number of hydrogen-bond donors (Lipinski definition) is 1. The summed E-state index contributed by atoms with van der Waals surface area (Å²) in [4.78, 5) is 29.7. The SMILES string of the molecule is CC[C@@H](C)c1ccc(-c2csc(NC(=O)CN3CSCC3=O)n2)cc1. The number of benzene rings is 1. The molecule has 1 aromatic carbocycles. The molecule has 5 nitrogen and oxygen atoms in total. The molecule has 132 valence electrons. The van der Waals surface area contributed by atoms with Crippen LogP contribution in [0, 0.1) is 0 Å². The molecule has 3 rings (SSSR count). The Labute approximate surface area is 155 Å². The van der Waals surface area contributed by atoms with Gasteiger partial charge in [-0.2, -0.15) is 0 Å². The maximum Gasteiger partial charge on any atom is 0.245 e. The largest absolute Gasteiger partial charge is 0.323 e. The molecule has 0 radical (unpaired) electrons. The molecule has 7 heteroatoms. The Kier molecular flexibility index (Phi) is 5.75. The first kappa shape index (κ1) is 17.9. The van der Waals surface area contributed by atoms with E-state index in [9.17, 15) is 9.59 Å². The number of thiazole rings is 1. The predicted octanol–water partition coefficient (Wildman–Crippen LogP) is 3.80. The normalized spacial score (nSPS) is 15.4. The molecule has 1 saturated heterocycles. The van der Waals surface area contributed by atoms with E-state index in [0.717, 1.165) is 17.7 Å². The van der Waals surface area contributed by atoms with E-state index in [0.29, 0.717) is 22.7 Å². The Balaban J connectivity index is 1.62. The van der Waals surface area contributed by atoms with Crippen molar-refractivity contribution in [1.82, 2.24) is 9.88 Å². The molecule has 1 aromatic heterocycles. The lowest BCUT2D eigenvalue weighted by Gasteiger charge is -2.13. The summed E-state index contributed by atoms with van der Waals surface area (Å²) in [6, 6.07) is 8.42. The van der Waals surface area contributed by atoms with Crippen molar-refractivity contribution >= 4 is 40.0 Å². The lowest BCUT2D eigenvalue weighted by atomic mass is 9.97. The number of thioether (sulfide) groups is 1. The van der Waals surface area contributed by atoms with Crippen molar-refractivity contribution in [3.63, 3.8) is 0 Å². The van der Waals surface area contributed by atoms with Gasteiger partial charge in [0.15, 0.2) is 5.13 Å². The minimum Gasteiger partial charge on any atom is -0.323 e. The number of nitrogens with zero attached hydrogens (tertiary/aromatic N) is 2. The maximum atomic E-state index is 12.1. The first-order valence-corrected chi connectivity index (χ1v) is 10.3. The van der Waals surface area contributed by atoms with Crippen LogP contribution < -0.4 is 5.32 Å². The highest BCUT2D eigenvalue weighted by atomic mass is 32.2. The van der Waals surface area contributed by atoms with Crippen LogP contribution in [0.2, 0.25) is 0 Å². The first-order valence-electron chi connectivity index (χ1n) is 8.28. The Hall–Kier alpha value is -1.86. The Bertz CT molecular complexity index is 758. The van der Waals surface area contributed by atoms with Gasteiger partial charge in [0.1, 0.15) is 6.54 Å². The van der Waals surface area contributed by atoms with Crippen molar-refractivity contribution in [2.24, 2.45) is 0 Å². The number of nitrogens with one attached hydrogen (secondary N) is 1. The quantitative estimate of drug-likeness (QED) is 0.834. The molecule has 1 N–H and O–H groups in total. The highest BCUT2D eigenvalue weighted by molar-refractivity contribution is 8.00. The van der Waals surface area contributed by atoms with Gasteiger partial charge in [-0.05, 0) is 17.9 Å². The van der Waals surface area contributed by atoms with Crippen LogP contribution >= 0.6 is 23.1 Å². The third-order valence-corrected chi connectivity index (χ3v) is 6.00. The summed E-state index contributed by atoms with van der Waals surface area (Å²) in [6.45, 7) is 4.49. The first-order chi connectivity index (χ1) is 12.1. The van der Waals surface area contributed by atoms with Gasteiger partial charge in [0, 0.05) is 10.9 Å². The molecule has 2 heterocycles. The Morgan fingerprint density at radius 1 is 1.36 bits per heavy atom. The van der Waals surface area contributed by atoms with Crippen LogP contribution in [-0.4, -0.2) is 39.9 Å². The molecule has 1 atom stereocenters. The molecule has 25 heavy (non-hydrogen) atoms. The van der Waals surface area contributed by atoms with E-state index >= 15 is 0 Å². The van der Waals surface area contributed by atoms with Crippen molar-refractivity contribution in [3.8, 4) is 11.3 Å². The standard InChI is InChI=1S/C18H21N3O2S2/c1-3-12(2)13-4-6-14(7-5-13)15-9-25-18(19-15)20-16(22)8-21-11-24-10-17(21)23/h4-7,9,12H,3,8,10-11H2,1-2H3,(H,19,20,22)/t12-/m1/s1. The second-order valence-electron chi connectivity index (χ2n) is 6.09. The highest BCUT2D eigenvalue weighted by Crippen LogP contribution is 2.27. The van der Waals surface area contributed by atoms with E-state index < -0.39 is 0 Å². The summed E-state index contributed by atoms with van der Waals surface area (Å²) in [6.07, 6.45) is 1.12. The summed E-state index contributed by atoms with van der Waals surface area (Å²) < 4.78 is 0. The summed E-state index contributed by atoms with van der Waals surface area (Å²) in [5.74, 6) is 1.40. The lowest BCUT2D eigenvalue weighted by molar-refractivity contribution is -0.130. The smallest absolute Gasteiger partial charge is 0.245 e. The number of anilines is 1. The average Bonchev–Trinajstić information content (AvgIpc) is 3.24. The van der Waals surface area contributed by atoms with Crippen LogP contribution in [0.5, 0.6) is 0 Å². The molecule has 0 spiro atoms. The molecule has 0 unspecified atom stereocenters. The van der Waals surface area contributed by atoms with Crippen molar-refractivity contribution in [2.75, 3.05) is 23.5 Å². The second-order valence-corrected chi connectivity index (χ2v) is 7.90. The van der Waals surface area contributed by atoms with Crippen LogP contribution in [0.1, 0.15) is 31.7 Å². The van der Waals surface area contributed by atoms with Gasteiger partial charge in [0.25, 0.3) is 0 Å². The zero-order valence-corrected chi connectivity index (χ0v) is 16.0. The van der Waals surface area contributed by atoms with Gasteiger partial charge in [0.2, 0.25) is 11.8 Å². The van der Waals surface area contributed by atoms with Crippen molar-refractivity contribution in [1.29, 1.82) is 0 Å². The van der Waals surface area contributed by atoms with E-state index in [1.54, 1.807) is 4.90 Å². The van der Waals surface area contributed by atoms with Crippen LogP contribution in [0.3, 0.4) is 0 Å². The second kappa shape index (κ2) is 8.01. The minimum atomic E-state index is -0.205. The molecular formula is C18H21N3O2S2. The lowest BCUT2D eigenvalue weighted by Crippen LogP contribution is -2.34. The van der Waals surface area contributed by atoms with Crippen LogP contribution in [0.25, 0.3) is 11.3 Å². The van der Waals surface area contributed by atoms with Gasteiger partial charge in [-0.1, -0.05) is 38.1 Å². The van der Waals surface area contributed by atoms with E-state index in [1.165, 1.54) is 28.7 Å². The average molecular weight is 376 g/mol. The molecule has 0 bridgehead atoms. The van der Waals surface area contributed by atoms with Crippen molar-refractivity contribution in [3.05, 3.63) is 35.2 Å². The van der Waals surface area contributed by atoms with Gasteiger partial charge in [0.05, 0.1) is 17.3 Å². The van der Waals surface area contributed by atoms with E-state index in [4.69, 9.17) is 0 Å². The maximum absolute atomic E-state index is 12.1. The van der Waals surface area contributed by atoms with Gasteiger partial charge >= 0.3 is 0 Å². The van der Waals surface area contributed by atoms with Gasteiger partial charge in [-0.15, -0.1) is 23.1 Å². The number of carbonyl (C=O) groups is 2. The molecule has 1 aliphatic rings. The zero-order chi connectivity index (χ0) is 17.8. The molecule has 1 fully saturated rings. The molecule has 0 saturated carbocycles. The summed E-state index contributed by atoms with van der Waals surface area (Å²) in [5.41, 5.74) is 3.21. The van der Waals surface area contributed by atoms with Gasteiger partial charge in [-0.3, -0.25) is 9.59 Å². The molecule has 0 aliphatic carbocycles. The summed E-state index contributed by atoms with van der Waals surface area (Å²) in [7, 11) is 0. The zero-order valence-electron chi connectivity index (χ0n) is 14.3. The number of hydrogen-bond acceptors (Lipinski definition) is 5. The third kappa shape index (κ3) is 4.41. The minimum absolute atomic E-state index is 0.0152. The van der Waals surface area contributed by atoms with E-state index in [2.05, 4.69) is 48.4 Å². The van der Waals surface area contributed by atoms with E-state index in [-0.39, 0.29) is 18.4 Å². The monoisotopic (exact) mass is 375 g/mol. The van der Waals surface area contributed by atoms with Crippen molar-refractivity contribution < 1.29 is 9.59 Å². The van der Waals surface area contributed by atoms with Crippen molar-refractivity contribution in [2.45, 2.75) is 26.2 Å². The molecule has 1 aliphatic heterocycles. The fourth-order valence-electron chi connectivity index (χ4n) is 2.55. The topological polar surface area (TPSA) is 62.3 Å². The fraction of sp³-hybridized carbons (Fsp3) is 0.389. The summed E-state index contributed by atoms with van der Waals surface area (Å²) in [5, 5.41) is 5.28. The van der Waals surface area contributed by atoms with Crippen LogP contribution in [0.15, 0.2) is 29.6 Å². The van der Waals surface area contributed by atoms with Crippen LogP contribution in [-0.2, 0) is 9.59 Å². The number of aromatic nitrogens is 1. The Morgan fingerprint density at radius 2 is 2.12 bits per heavy atom. The summed E-state index contributed by atoms with van der Waals surface area (Å²) >= 11 is 2.92. The predicted molar refractivity (Wildman–Crippen MR) is 104 cm³/mol. The van der Waals surface area contributed by atoms with Gasteiger partial charge in [-0.25, -0.2) is 4.98 Å². The third-order valence-electron chi connectivity index (χ3n) is 4.30. The number of amides is 2. The molecular weight excluding hydrogens is 354 g/mol. The fourth-order valence-corrected chi connectivity index (χ4v) is 4.19. The highest BCUT2D eigenvalue weighted by Gasteiger charge is 2.23. The van der Waals surface area contributed by atoms with Crippen LogP contribution in [0.4, 0.5) is 5.13 Å². The van der Waals surface area contributed by atoms with E-state index in [1.807, 2.05) is 5.38 Å². The Morgan fingerprint density at radius 3 is 2.76 bits per heavy atom. The molecule has 2 aromatic rings.